The van der Waals surface area contributed by atoms with Crippen LogP contribution in [0.1, 0.15) is 21.7 Å². The van der Waals surface area contributed by atoms with Gasteiger partial charge in [0.15, 0.2) is 0 Å². The van der Waals surface area contributed by atoms with Gasteiger partial charge in [-0.25, -0.2) is 0 Å². The quantitative estimate of drug-likeness (QED) is 0.707. The fourth-order valence-corrected chi connectivity index (χ4v) is 2.90. The summed E-state index contributed by atoms with van der Waals surface area (Å²) < 4.78 is 0. The van der Waals surface area contributed by atoms with Gasteiger partial charge in [0.25, 0.3) is 5.91 Å². The van der Waals surface area contributed by atoms with Crippen molar-refractivity contribution in [3.8, 4) is 11.1 Å². The lowest BCUT2D eigenvalue weighted by Gasteiger charge is -2.14. The van der Waals surface area contributed by atoms with Crippen LogP contribution in [0.3, 0.4) is 0 Å². The van der Waals surface area contributed by atoms with Gasteiger partial charge in [-0.2, -0.15) is 0 Å². The van der Waals surface area contributed by atoms with Gasteiger partial charge in [-0.1, -0.05) is 41.9 Å². The first-order chi connectivity index (χ1) is 11.5. The lowest BCUT2D eigenvalue weighted by Crippen LogP contribution is -2.16. The largest absolute Gasteiger partial charge is 0.322 e. The van der Waals surface area contributed by atoms with E-state index in [0.29, 0.717) is 16.3 Å². The summed E-state index contributed by atoms with van der Waals surface area (Å²) in [6, 6.07) is 18.8. The minimum absolute atomic E-state index is 0.179. The zero-order valence-corrected chi connectivity index (χ0v) is 14.3. The Morgan fingerprint density at radius 1 is 1.00 bits per heavy atom. The molecule has 0 unspecified atom stereocenters. The van der Waals surface area contributed by atoms with Crippen LogP contribution in [-0.2, 0) is 0 Å². The molecule has 120 valence electrons. The number of hydrogen-bond acceptors (Lipinski definition) is 2. The van der Waals surface area contributed by atoms with Crippen molar-refractivity contribution in [1.29, 1.82) is 0 Å². The first-order valence-corrected chi connectivity index (χ1v) is 8.03. The Bertz CT molecular complexity index is 891. The highest BCUT2D eigenvalue weighted by atomic mass is 35.5. The first kappa shape index (κ1) is 16.2. The number of benzene rings is 2. The molecule has 0 saturated carbocycles. The van der Waals surface area contributed by atoms with Gasteiger partial charge in [-0.05, 0) is 55.3 Å². The molecule has 0 aliphatic rings. The standard InChI is InChI=1S/C20H17ClN2O/c1-13-11-18(15-7-6-8-16(21)12-15)19(14(2)22-13)20(24)23-17-9-4-3-5-10-17/h3-12H,1-2H3,(H,23,24). The lowest BCUT2D eigenvalue weighted by molar-refractivity contribution is 0.102. The number of pyridine rings is 1. The molecule has 3 nitrogen and oxygen atoms in total. The predicted molar refractivity (Wildman–Crippen MR) is 98.6 cm³/mol. The Hall–Kier alpha value is -2.65. The molecule has 3 rings (SSSR count). The van der Waals surface area contributed by atoms with E-state index in [9.17, 15) is 4.79 Å². The van der Waals surface area contributed by atoms with Crippen LogP contribution in [-0.4, -0.2) is 10.9 Å². The third kappa shape index (κ3) is 3.47. The summed E-state index contributed by atoms with van der Waals surface area (Å²) in [5.41, 5.74) is 4.59. The van der Waals surface area contributed by atoms with Crippen molar-refractivity contribution < 1.29 is 4.79 Å². The van der Waals surface area contributed by atoms with Crippen LogP contribution in [0.2, 0.25) is 5.02 Å². The predicted octanol–water partition coefficient (Wildman–Crippen LogP) is 5.27. The van der Waals surface area contributed by atoms with Crippen molar-refractivity contribution in [3.05, 3.63) is 82.6 Å². The van der Waals surface area contributed by atoms with Crippen molar-refractivity contribution in [2.45, 2.75) is 13.8 Å². The van der Waals surface area contributed by atoms with Gasteiger partial charge >= 0.3 is 0 Å². The molecule has 2 aromatic carbocycles. The zero-order valence-electron chi connectivity index (χ0n) is 13.5. The van der Waals surface area contributed by atoms with Crippen molar-refractivity contribution in [1.82, 2.24) is 4.98 Å². The number of hydrogen-bond donors (Lipinski definition) is 1. The molecule has 0 saturated heterocycles. The molecular formula is C20H17ClN2O. The van der Waals surface area contributed by atoms with Crippen molar-refractivity contribution in [3.63, 3.8) is 0 Å². The molecule has 1 heterocycles. The monoisotopic (exact) mass is 336 g/mol. The average molecular weight is 337 g/mol. The molecule has 1 aromatic heterocycles. The highest BCUT2D eigenvalue weighted by Gasteiger charge is 2.18. The third-order valence-corrected chi connectivity index (χ3v) is 3.96. The van der Waals surface area contributed by atoms with Crippen LogP contribution < -0.4 is 5.32 Å². The SMILES string of the molecule is Cc1cc(-c2cccc(Cl)c2)c(C(=O)Nc2ccccc2)c(C)n1. The van der Waals surface area contributed by atoms with Crippen molar-refractivity contribution in [2.75, 3.05) is 5.32 Å². The maximum absolute atomic E-state index is 12.8. The summed E-state index contributed by atoms with van der Waals surface area (Å²) in [6.07, 6.45) is 0. The second-order valence-corrected chi connectivity index (χ2v) is 6.04. The van der Waals surface area contributed by atoms with Crippen LogP contribution in [0, 0.1) is 13.8 Å². The molecule has 3 aromatic rings. The second-order valence-electron chi connectivity index (χ2n) is 5.60. The van der Waals surface area contributed by atoms with Gasteiger partial charge in [-0.15, -0.1) is 0 Å². The van der Waals surface area contributed by atoms with Gasteiger partial charge in [0.05, 0.1) is 11.3 Å². The number of aromatic nitrogens is 1. The van der Waals surface area contributed by atoms with Crippen molar-refractivity contribution in [2.24, 2.45) is 0 Å². The summed E-state index contributed by atoms with van der Waals surface area (Å²) in [6.45, 7) is 3.76. The minimum atomic E-state index is -0.179. The van der Waals surface area contributed by atoms with E-state index in [1.165, 1.54) is 0 Å². The minimum Gasteiger partial charge on any atom is -0.322 e. The molecule has 24 heavy (non-hydrogen) atoms. The number of nitrogens with one attached hydrogen (secondary N) is 1. The Kier molecular flexibility index (Phi) is 4.63. The Morgan fingerprint density at radius 3 is 2.46 bits per heavy atom. The number of para-hydroxylation sites is 1. The molecule has 4 heteroatoms. The molecule has 0 radical (unpaired) electrons. The van der Waals surface area contributed by atoms with Crippen molar-refractivity contribution >= 4 is 23.2 Å². The average Bonchev–Trinajstić information content (AvgIpc) is 2.55. The summed E-state index contributed by atoms with van der Waals surface area (Å²) >= 11 is 6.12. The first-order valence-electron chi connectivity index (χ1n) is 7.65. The van der Waals surface area contributed by atoms with Gasteiger partial charge in [0, 0.05) is 16.4 Å². The zero-order chi connectivity index (χ0) is 17.1. The van der Waals surface area contributed by atoms with Gasteiger partial charge in [0.2, 0.25) is 0 Å². The molecule has 0 fully saturated rings. The van der Waals surface area contributed by atoms with E-state index in [2.05, 4.69) is 10.3 Å². The maximum atomic E-state index is 12.8. The normalized spacial score (nSPS) is 10.5. The molecule has 0 spiro atoms. The third-order valence-electron chi connectivity index (χ3n) is 3.72. The van der Waals surface area contributed by atoms with Gasteiger partial charge in [-0.3, -0.25) is 9.78 Å². The number of anilines is 1. The number of carbonyl (C=O) groups is 1. The molecule has 0 bridgehead atoms. The Balaban J connectivity index is 2.08. The van der Waals surface area contributed by atoms with Gasteiger partial charge in [0.1, 0.15) is 0 Å². The molecule has 0 atom stereocenters. The Morgan fingerprint density at radius 2 is 1.75 bits per heavy atom. The van der Waals surface area contributed by atoms with Crippen LogP contribution in [0.4, 0.5) is 5.69 Å². The van der Waals surface area contributed by atoms with E-state index in [1.54, 1.807) is 0 Å². The van der Waals surface area contributed by atoms with Crippen LogP contribution >= 0.6 is 11.6 Å². The summed E-state index contributed by atoms with van der Waals surface area (Å²) in [5, 5.41) is 3.56. The molecule has 0 aliphatic heterocycles. The van der Waals surface area contributed by atoms with Crippen LogP contribution in [0.25, 0.3) is 11.1 Å². The number of carbonyl (C=O) groups excluding carboxylic acids is 1. The van der Waals surface area contributed by atoms with E-state index in [1.807, 2.05) is 74.5 Å². The molecule has 0 aliphatic carbocycles. The fourth-order valence-electron chi connectivity index (χ4n) is 2.71. The topological polar surface area (TPSA) is 42.0 Å². The van der Waals surface area contributed by atoms with Crippen LogP contribution in [0.15, 0.2) is 60.7 Å². The number of aryl methyl sites for hydroxylation is 2. The summed E-state index contributed by atoms with van der Waals surface area (Å²) in [4.78, 5) is 17.3. The lowest BCUT2D eigenvalue weighted by atomic mass is 9.97. The number of rotatable bonds is 3. The Labute approximate surface area is 146 Å². The van der Waals surface area contributed by atoms with E-state index >= 15 is 0 Å². The van der Waals surface area contributed by atoms with E-state index in [4.69, 9.17) is 11.6 Å². The highest BCUT2D eigenvalue weighted by Crippen LogP contribution is 2.29. The summed E-state index contributed by atoms with van der Waals surface area (Å²) in [7, 11) is 0. The van der Waals surface area contributed by atoms with E-state index < -0.39 is 0 Å². The number of nitrogens with zero attached hydrogens (tertiary/aromatic N) is 1. The number of amides is 1. The maximum Gasteiger partial charge on any atom is 0.258 e. The smallest absolute Gasteiger partial charge is 0.258 e. The summed E-state index contributed by atoms with van der Waals surface area (Å²) in [5.74, 6) is -0.179. The highest BCUT2D eigenvalue weighted by molar-refractivity contribution is 6.30. The van der Waals surface area contributed by atoms with Crippen LogP contribution in [0.5, 0.6) is 0 Å². The van der Waals surface area contributed by atoms with E-state index in [0.717, 1.165) is 22.5 Å². The second kappa shape index (κ2) is 6.85. The molecular weight excluding hydrogens is 320 g/mol. The molecule has 1 amide bonds. The van der Waals surface area contributed by atoms with Gasteiger partial charge < -0.3 is 5.32 Å². The number of halogens is 1. The molecule has 1 N–H and O–H groups in total. The van der Waals surface area contributed by atoms with E-state index in [-0.39, 0.29) is 5.91 Å². The fraction of sp³-hybridized carbons (Fsp3) is 0.100.